The number of ketones is 1. The second kappa shape index (κ2) is 5.40. The van der Waals surface area contributed by atoms with E-state index in [0.717, 1.165) is 0 Å². The summed E-state index contributed by atoms with van der Waals surface area (Å²) in [6, 6.07) is 3.17. The monoisotopic (exact) mass is 296 g/mol. The largest absolute Gasteiger partial charge is 0.444 e. The number of nitrogens with zero attached hydrogens (tertiary/aromatic N) is 2. The highest BCUT2D eigenvalue weighted by molar-refractivity contribution is 6.29. The molecule has 0 unspecified atom stereocenters. The number of amides is 1. The maximum absolute atomic E-state index is 12.2. The number of rotatable bonds is 2. The zero-order valence-electron chi connectivity index (χ0n) is 11.7. The van der Waals surface area contributed by atoms with E-state index in [-0.39, 0.29) is 17.8 Å². The second-order valence-corrected chi connectivity index (χ2v) is 6.20. The second-order valence-electron chi connectivity index (χ2n) is 5.81. The summed E-state index contributed by atoms with van der Waals surface area (Å²) in [5, 5.41) is 0.291. The first-order valence-corrected chi connectivity index (χ1v) is 6.78. The molecule has 0 aliphatic carbocycles. The fourth-order valence-corrected chi connectivity index (χ4v) is 2.09. The van der Waals surface area contributed by atoms with Crippen LogP contribution in [0.1, 0.15) is 31.1 Å². The van der Waals surface area contributed by atoms with Crippen LogP contribution in [-0.2, 0) is 4.74 Å². The smallest absolute Gasteiger partial charge is 0.410 e. The van der Waals surface area contributed by atoms with E-state index in [0.29, 0.717) is 23.8 Å². The van der Waals surface area contributed by atoms with Crippen molar-refractivity contribution in [3.8, 4) is 0 Å². The molecule has 0 aromatic carbocycles. The van der Waals surface area contributed by atoms with Crippen LogP contribution in [0.25, 0.3) is 0 Å². The SMILES string of the molecule is CC(C)(C)OC(=O)N1CC(C(=O)c2ccnc(Cl)c2)C1. The molecule has 0 spiro atoms. The average molecular weight is 297 g/mol. The molecule has 0 atom stereocenters. The van der Waals surface area contributed by atoms with Crippen molar-refractivity contribution in [3.05, 3.63) is 29.0 Å². The molecule has 2 rings (SSSR count). The molecular formula is C14H17ClN2O3. The Labute approximate surface area is 122 Å². The van der Waals surface area contributed by atoms with Crippen LogP contribution in [0.2, 0.25) is 5.15 Å². The third kappa shape index (κ3) is 3.48. The number of carbonyl (C=O) groups excluding carboxylic acids is 2. The molecule has 6 heteroatoms. The molecule has 1 aliphatic rings. The normalized spacial score (nSPS) is 15.7. The number of likely N-dealkylation sites (tertiary alicyclic amines) is 1. The van der Waals surface area contributed by atoms with Gasteiger partial charge in [-0.1, -0.05) is 11.6 Å². The lowest BCUT2D eigenvalue weighted by Crippen LogP contribution is -2.54. The van der Waals surface area contributed by atoms with Crippen LogP contribution in [-0.4, -0.2) is 40.5 Å². The highest BCUT2D eigenvalue weighted by atomic mass is 35.5. The predicted molar refractivity (Wildman–Crippen MR) is 74.9 cm³/mol. The maximum Gasteiger partial charge on any atom is 0.410 e. The molecule has 1 fully saturated rings. The topological polar surface area (TPSA) is 59.5 Å². The summed E-state index contributed by atoms with van der Waals surface area (Å²) in [4.78, 5) is 29.3. The van der Waals surface area contributed by atoms with Crippen molar-refractivity contribution in [2.75, 3.05) is 13.1 Å². The van der Waals surface area contributed by atoms with Gasteiger partial charge in [0, 0.05) is 24.8 Å². The van der Waals surface area contributed by atoms with Crippen molar-refractivity contribution in [2.24, 2.45) is 5.92 Å². The maximum atomic E-state index is 12.2. The van der Waals surface area contributed by atoms with Crippen LogP contribution in [0.4, 0.5) is 4.79 Å². The standard InChI is InChI=1S/C14H17ClN2O3/c1-14(2,3)20-13(19)17-7-10(8-17)12(18)9-4-5-16-11(15)6-9/h4-6,10H,7-8H2,1-3H3. The Morgan fingerprint density at radius 2 is 2.05 bits per heavy atom. The van der Waals surface area contributed by atoms with Gasteiger partial charge in [-0.2, -0.15) is 0 Å². The fraction of sp³-hybridized carbons (Fsp3) is 0.500. The van der Waals surface area contributed by atoms with Gasteiger partial charge in [0.2, 0.25) is 0 Å². The third-order valence-electron chi connectivity index (χ3n) is 2.92. The van der Waals surface area contributed by atoms with Crippen molar-refractivity contribution in [2.45, 2.75) is 26.4 Å². The highest BCUT2D eigenvalue weighted by Gasteiger charge is 2.38. The molecule has 20 heavy (non-hydrogen) atoms. The van der Waals surface area contributed by atoms with Gasteiger partial charge in [0.15, 0.2) is 5.78 Å². The molecular weight excluding hydrogens is 280 g/mol. The summed E-state index contributed by atoms with van der Waals surface area (Å²) in [7, 11) is 0. The number of carbonyl (C=O) groups is 2. The lowest BCUT2D eigenvalue weighted by atomic mass is 9.91. The van der Waals surface area contributed by atoms with Crippen molar-refractivity contribution in [3.63, 3.8) is 0 Å². The Balaban J connectivity index is 1.90. The van der Waals surface area contributed by atoms with E-state index in [4.69, 9.17) is 16.3 Å². The Kier molecular flexibility index (Phi) is 3.99. The molecule has 0 bridgehead atoms. The van der Waals surface area contributed by atoms with Crippen molar-refractivity contribution < 1.29 is 14.3 Å². The minimum absolute atomic E-state index is 0.0193. The molecule has 1 aromatic rings. The van der Waals surface area contributed by atoms with Crippen LogP contribution in [0.5, 0.6) is 0 Å². The van der Waals surface area contributed by atoms with Gasteiger partial charge in [0.25, 0.3) is 0 Å². The number of hydrogen-bond acceptors (Lipinski definition) is 4. The van der Waals surface area contributed by atoms with E-state index in [1.165, 1.54) is 11.1 Å². The number of pyridine rings is 1. The molecule has 1 amide bonds. The van der Waals surface area contributed by atoms with Gasteiger partial charge in [0.05, 0.1) is 5.92 Å². The first-order valence-electron chi connectivity index (χ1n) is 6.40. The van der Waals surface area contributed by atoms with Crippen LogP contribution in [0.3, 0.4) is 0 Å². The number of ether oxygens (including phenoxy) is 1. The number of Topliss-reactive ketones (excluding diaryl/α,β-unsaturated/α-hetero) is 1. The Morgan fingerprint density at radius 3 is 2.60 bits per heavy atom. The minimum atomic E-state index is -0.523. The summed E-state index contributed by atoms with van der Waals surface area (Å²) >= 11 is 5.76. The first kappa shape index (κ1) is 14.8. The fourth-order valence-electron chi connectivity index (χ4n) is 1.91. The van der Waals surface area contributed by atoms with Crippen molar-refractivity contribution >= 4 is 23.5 Å². The van der Waals surface area contributed by atoms with E-state index >= 15 is 0 Å². The summed E-state index contributed by atoms with van der Waals surface area (Å²) in [5.41, 5.74) is 0.00369. The molecule has 0 radical (unpaired) electrons. The van der Waals surface area contributed by atoms with Crippen LogP contribution >= 0.6 is 11.6 Å². The van der Waals surface area contributed by atoms with Crippen molar-refractivity contribution in [1.82, 2.24) is 9.88 Å². The van der Waals surface area contributed by atoms with Crippen LogP contribution < -0.4 is 0 Å². The van der Waals surface area contributed by atoms with Gasteiger partial charge in [-0.3, -0.25) is 4.79 Å². The van der Waals surface area contributed by atoms with E-state index in [1.807, 2.05) is 20.8 Å². The summed E-state index contributed by atoms with van der Waals surface area (Å²) in [6.07, 6.45) is 1.12. The van der Waals surface area contributed by atoms with Crippen LogP contribution in [0.15, 0.2) is 18.3 Å². The molecule has 0 N–H and O–H groups in total. The lowest BCUT2D eigenvalue weighted by Gasteiger charge is -2.38. The third-order valence-corrected chi connectivity index (χ3v) is 3.12. The predicted octanol–water partition coefficient (Wildman–Crippen LogP) is 2.78. The van der Waals surface area contributed by atoms with Gasteiger partial charge in [0.1, 0.15) is 10.8 Å². The number of hydrogen-bond donors (Lipinski definition) is 0. The van der Waals surface area contributed by atoms with E-state index in [9.17, 15) is 9.59 Å². The molecule has 5 nitrogen and oxygen atoms in total. The van der Waals surface area contributed by atoms with Gasteiger partial charge >= 0.3 is 6.09 Å². The van der Waals surface area contributed by atoms with Gasteiger partial charge < -0.3 is 9.64 Å². The Morgan fingerprint density at radius 1 is 1.40 bits per heavy atom. The van der Waals surface area contributed by atoms with Gasteiger partial charge in [-0.25, -0.2) is 9.78 Å². The number of aromatic nitrogens is 1. The van der Waals surface area contributed by atoms with E-state index in [1.54, 1.807) is 12.1 Å². The van der Waals surface area contributed by atoms with Crippen molar-refractivity contribution in [1.29, 1.82) is 0 Å². The minimum Gasteiger partial charge on any atom is -0.444 e. The van der Waals surface area contributed by atoms with Crippen LogP contribution in [0, 0.1) is 5.92 Å². The molecule has 1 aliphatic heterocycles. The van der Waals surface area contributed by atoms with E-state index < -0.39 is 5.60 Å². The first-order chi connectivity index (χ1) is 9.26. The lowest BCUT2D eigenvalue weighted by molar-refractivity contribution is 0.00149. The van der Waals surface area contributed by atoms with E-state index in [2.05, 4.69) is 4.98 Å². The Bertz CT molecular complexity index is 533. The van der Waals surface area contributed by atoms with Gasteiger partial charge in [-0.15, -0.1) is 0 Å². The molecule has 1 aromatic heterocycles. The molecule has 0 saturated carbocycles. The molecule has 2 heterocycles. The Hall–Kier alpha value is -1.62. The number of halogens is 1. The molecule has 1 saturated heterocycles. The summed E-state index contributed by atoms with van der Waals surface area (Å²) in [5.74, 6) is -0.213. The van der Waals surface area contributed by atoms with Gasteiger partial charge in [-0.05, 0) is 32.9 Å². The highest BCUT2D eigenvalue weighted by Crippen LogP contribution is 2.23. The quantitative estimate of drug-likeness (QED) is 0.622. The molecule has 108 valence electrons. The summed E-state index contributed by atoms with van der Waals surface area (Å²) in [6.45, 7) is 6.20. The average Bonchev–Trinajstić information content (AvgIpc) is 2.24. The summed E-state index contributed by atoms with van der Waals surface area (Å²) < 4.78 is 5.24. The zero-order valence-corrected chi connectivity index (χ0v) is 12.5. The zero-order chi connectivity index (χ0) is 14.9.